The predicted octanol–water partition coefficient (Wildman–Crippen LogP) is 2.58. The number of halogens is 2. The van der Waals surface area contributed by atoms with Gasteiger partial charge >= 0.3 is 5.97 Å². The third kappa shape index (κ3) is 2.63. The van der Waals surface area contributed by atoms with Crippen LogP contribution in [0.4, 0.5) is 4.39 Å². The first kappa shape index (κ1) is 14.0. The molecule has 0 aliphatic carbocycles. The third-order valence-electron chi connectivity index (χ3n) is 3.46. The van der Waals surface area contributed by atoms with Crippen molar-refractivity contribution < 1.29 is 19.1 Å². The molecule has 102 valence electrons. The lowest BCUT2D eigenvalue weighted by molar-refractivity contribution is -0.150. The standard InChI is InChI=1S/C13H13BrFNO3/c1-16-11(17)5-3-8(13(18)19)12(16)7-2-4-9(14)10(15)6-7/h2,4,6,8,12H,3,5H2,1H3,(H,18,19). The number of carboxylic acids is 1. The molecule has 1 aliphatic heterocycles. The van der Waals surface area contributed by atoms with Crippen LogP contribution in [-0.4, -0.2) is 28.9 Å². The van der Waals surface area contributed by atoms with E-state index >= 15 is 0 Å². The number of amides is 1. The highest BCUT2D eigenvalue weighted by Crippen LogP contribution is 2.36. The molecule has 1 aliphatic rings. The Bertz CT molecular complexity index is 535. The maximum absolute atomic E-state index is 13.6. The molecule has 0 aromatic heterocycles. The molecule has 1 fully saturated rings. The summed E-state index contributed by atoms with van der Waals surface area (Å²) in [6, 6.07) is 3.82. The third-order valence-corrected chi connectivity index (χ3v) is 4.11. The topological polar surface area (TPSA) is 57.6 Å². The molecule has 2 atom stereocenters. The summed E-state index contributed by atoms with van der Waals surface area (Å²) in [6.07, 6.45) is 0.490. The van der Waals surface area contributed by atoms with E-state index < -0.39 is 23.7 Å². The fraction of sp³-hybridized carbons (Fsp3) is 0.385. The second-order valence-electron chi connectivity index (χ2n) is 4.61. The molecule has 0 bridgehead atoms. The van der Waals surface area contributed by atoms with Crippen molar-refractivity contribution in [2.24, 2.45) is 5.92 Å². The lowest BCUT2D eigenvalue weighted by atomic mass is 9.84. The Morgan fingerprint density at radius 1 is 1.53 bits per heavy atom. The second-order valence-corrected chi connectivity index (χ2v) is 5.46. The lowest BCUT2D eigenvalue weighted by Crippen LogP contribution is -2.43. The summed E-state index contributed by atoms with van der Waals surface area (Å²) in [7, 11) is 1.56. The van der Waals surface area contributed by atoms with Gasteiger partial charge in [0.25, 0.3) is 0 Å². The number of carbonyl (C=O) groups excluding carboxylic acids is 1. The Hall–Kier alpha value is -1.43. The van der Waals surface area contributed by atoms with Crippen LogP contribution in [0, 0.1) is 11.7 Å². The largest absolute Gasteiger partial charge is 0.481 e. The normalized spacial score (nSPS) is 23.5. The van der Waals surface area contributed by atoms with E-state index in [0.29, 0.717) is 10.0 Å². The van der Waals surface area contributed by atoms with E-state index in [0.717, 1.165) is 0 Å². The average Bonchev–Trinajstić information content (AvgIpc) is 2.35. The first-order chi connectivity index (χ1) is 8.91. The molecule has 1 saturated heterocycles. The van der Waals surface area contributed by atoms with Crippen molar-refractivity contribution in [2.75, 3.05) is 7.05 Å². The molecule has 2 unspecified atom stereocenters. The number of carbonyl (C=O) groups is 2. The number of aliphatic carboxylic acids is 1. The van der Waals surface area contributed by atoms with Crippen LogP contribution in [0.1, 0.15) is 24.4 Å². The molecule has 4 nitrogen and oxygen atoms in total. The highest BCUT2D eigenvalue weighted by Gasteiger charge is 2.39. The van der Waals surface area contributed by atoms with E-state index in [1.54, 1.807) is 13.1 Å². The molecule has 1 aromatic rings. The van der Waals surface area contributed by atoms with Gasteiger partial charge in [0.2, 0.25) is 5.91 Å². The van der Waals surface area contributed by atoms with Gasteiger partial charge in [-0.2, -0.15) is 0 Å². The van der Waals surface area contributed by atoms with Crippen molar-refractivity contribution in [1.82, 2.24) is 4.90 Å². The van der Waals surface area contributed by atoms with Crippen molar-refractivity contribution in [2.45, 2.75) is 18.9 Å². The van der Waals surface area contributed by atoms with Gasteiger partial charge in [-0.25, -0.2) is 4.39 Å². The summed E-state index contributed by atoms with van der Waals surface area (Å²) in [5, 5.41) is 9.26. The van der Waals surface area contributed by atoms with Crippen LogP contribution in [0.25, 0.3) is 0 Å². The minimum Gasteiger partial charge on any atom is -0.481 e. The van der Waals surface area contributed by atoms with E-state index in [1.165, 1.54) is 17.0 Å². The highest BCUT2D eigenvalue weighted by molar-refractivity contribution is 9.10. The van der Waals surface area contributed by atoms with Gasteiger partial charge < -0.3 is 10.0 Å². The number of hydrogen-bond donors (Lipinski definition) is 1. The first-order valence-corrected chi connectivity index (χ1v) is 6.64. The number of carboxylic acid groups (broad SMARTS) is 1. The van der Waals surface area contributed by atoms with Gasteiger partial charge in [0.15, 0.2) is 0 Å². The first-order valence-electron chi connectivity index (χ1n) is 5.85. The smallest absolute Gasteiger partial charge is 0.308 e. The molecule has 6 heteroatoms. The van der Waals surface area contributed by atoms with Crippen molar-refractivity contribution in [3.05, 3.63) is 34.1 Å². The van der Waals surface area contributed by atoms with Crippen molar-refractivity contribution >= 4 is 27.8 Å². The summed E-state index contributed by atoms with van der Waals surface area (Å²) in [5.74, 6) is -2.25. The zero-order chi connectivity index (χ0) is 14.2. The molecule has 19 heavy (non-hydrogen) atoms. The van der Waals surface area contributed by atoms with Gasteiger partial charge in [0.1, 0.15) is 5.82 Å². The Kier molecular flexibility index (Phi) is 3.89. The summed E-state index contributed by atoms with van der Waals surface area (Å²) in [4.78, 5) is 24.4. The minimum absolute atomic E-state index is 0.120. The Morgan fingerprint density at radius 2 is 2.21 bits per heavy atom. The number of likely N-dealkylation sites (tertiary alicyclic amines) is 1. The van der Waals surface area contributed by atoms with Gasteiger partial charge in [-0.15, -0.1) is 0 Å². The Balaban J connectivity index is 2.43. The summed E-state index contributed by atoms with van der Waals surface area (Å²) in [6.45, 7) is 0. The van der Waals surface area contributed by atoms with Crippen LogP contribution in [0.2, 0.25) is 0 Å². The zero-order valence-corrected chi connectivity index (χ0v) is 11.9. The number of rotatable bonds is 2. The van der Waals surface area contributed by atoms with Gasteiger partial charge in [0.05, 0.1) is 16.4 Å². The monoisotopic (exact) mass is 329 g/mol. The lowest BCUT2D eigenvalue weighted by Gasteiger charge is -2.37. The van der Waals surface area contributed by atoms with E-state index in [1.807, 2.05) is 0 Å². The van der Waals surface area contributed by atoms with Crippen molar-refractivity contribution in [3.63, 3.8) is 0 Å². The predicted molar refractivity (Wildman–Crippen MR) is 70.0 cm³/mol. The molecule has 1 N–H and O–H groups in total. The zero-order valence-electron chi connectivity index (χ0n) is 10.3. The fourth-order valence-electron chi connectivity index (χ4n) is 2.45. The van der Waals surface area contributed by atoms with E-state index in [9.17, 15) is 19.1 Å². The quantitative estimate of drug-likeness (QED) is 0.907. The van der Waals surface area contributed by atoms with Gasteiger partial charge in [-0.3, -0.25) is 9.59 Å². The molecule has 0 saturated carbocycles. The maximum Gasteiger partial charge on any atom is 0.308 e. The van der Waals surface area contributed by atoms with Crippen LogP contribution in [0.5, 0.6) is 0 Å². The van der Waals surface area contributed by atoms with Crippen LogP contribution in [0.3, 0.4) is 0 Å². The average molecular weight is 330 g/mol. The molecule has 0 radical (unpaired) electrons. The van der Waals surface area contributed by atoms with Gasteiger partial charge in [-0.1, -0.05) is 6.07 Å². The van der Waals surface area contributed by atoms with Gasteiger partial charge in [0, 0.05) is 13.5 Å². The van der Waals surface area contributed by atoms with Crippen LogP contribution < -0.4 is 0 Å². The van der Waals surface area contributed by atoms with E-state index in [-0.39, 0.29) is 18.7 Å². The summed E-state index contributed by atoms with van der Waals surface area (Å²) < 4.78 is 13.9. The van der Waals surface area contributed by atoms with Crippen molar-refractivity contribution in [3.8, 4) is 0 Å². The Morgan fingerprint density at radius 3 is 2.79 bits per heavy atom. The van der Waals surface area contributed by atoms with Crippen LogP contribution in [0.15, 0.2) is 22.7 Å². The molecular weight excluding hydrogens is 317 g/mol. The maximum atomic E-state index is 13.6. The van der Waals surface area contributed by atoms with E-state index in [4.69, 9.17) is 0 Å². The molecule has 2 rings (SSSR count). The molecule has 1 aromatic carbocycles. The van der Waals surface area contributed by atoms with Crippen LogP contribution in [-0.2, 0) is 9.59 Å². The number of benzene rings is 1. The highest BCUT2D eigenvalue weighted by atomic mass is 79.9. The summed E-state index contributed by atoms with van der Waals surface area (Å²) in [5.41, 5.74) is 0.503. The summed E-state index contributed by atoms with van der Waals surface area (Å²) >= 11 is 3.05. The number of hydrogen-bond acceptors (Lipinski definition) is 2. The second kappa shape index (κ2) is 5.28. The Labute approximate surface area is 118 Å². The molecule has 1 amide bonds. The molecule has 1 heterocycles. The van der Waals surface area contributed by atoms with E-state index in [2.05, 4.69) is 15.9 Å². The molecular formula is C13H13BrFNO3. The van der Waals surface area contributed by atoms with Crippen molar-refractivity contribution in [1.29, 1.82) is 0 Å². The SMILES string of the molecule is CN1C(=O)CCC(C(=O)O)C1c1ccc(Br)c(F)c1. The fourth-order valence-corrected chi connectivity index (χ4v) is 2.70. The minimum atomic E-state index is -0.965. The number of piperidine rings is 1. The van der Waals surface area contributed by atoms with Gasteiger partial charge in [-0.05, 0) is 40.0 Å². The number of nitrogens with zero attached hydrogens (tertiary/aromatic N) is 1. The van der Waals surface area contributed by atoms with Crippen LogP contribution >= 0.6 is 15.9 Å². The molecule has 0 spiro atoms.